The molecule has 2 rings (SSSR count). The van der Waals surface area contributed by atoms with Crippen molar-refractivity contribution in [3.05, 3.63) is 29.0 Å². The number of carbonyl (C=O) groups is 1. The smallest absolute Gasteiger partial charge is 0.325 e. The molecule has 0 saturated carbocycles. The van der Waals surface area contributed by atoms with Crippen LogP contribution in [0.2, 0.25) is 5.02 Å². The van der Waals surface area contributed by atoms with E-state index in [0.717, 1.165) is 10.4 Å². The summed E-state index contributed by atoms with van der Waals surface area (Å²) in [6.45, 7) is -0.492. The fourth-order valence-corrected chi connectivity index (χ4v) is 3.83. The molecular weight excluding hydrogens is 311 g/mol. The molecule has 0 radical (unpaired) electrons. The number of aliphatic carboxylic acids is 1. The van der Waals surface area contributed by atoms with Crippen LogP contribution in [0.4, 0.5) is 4.39 Å². The van der Waals surface area contributed by atoms with Crippen LogP contribution >= 0.6 is 11.6 Å². The lowest BCUT2D eigenvalue weighted by molar-refractivity contribution is -0.142. The van der Waals surface area contributed by atoms with Crippen LogP contribution in [0.15, 0.2) is 23.1 Å². The molecule has 1 saturated heterocycles. The van der Waals surface area contributed by atoms with Gasteiger partial charge < -0.3 is 10.8 Å². The minimum atomic E-state index is -4.17. The highest BCUT2D eigenvalue weighted by Gasteiger charge is 2.46. The second kappa shape index (κ2) is 4.96. The van der Waals surface area contributed by atoms with Crippen molar-refractivity contribution in [2.45, 2.75) is 16.9 Å². The number of nitrogens with zero attached hydrogens (tertiary/aromatic N) is 1. The van der Waals surface area contributed by atoms with Gasteiger partial charge in [-0.2, -0.15) is 4.31 Å². The molecule has 20 heavy (non-hydrogen) atoms. The Labute approximate surface area is 120 Å². The molecular formula is C11H12ClFN2O4S. The summed E-state index contributed by atoms with van der Waals surface area (Å²) in [5, 5.41) is 8.67. The fraction of sp³-hybridized carbons (Fsp3) is 0.364. The van der Waals surface area contributed by atoms with E-state index < -0.39 is 38.8 Å². The Morgan fingerprint density at radius 3 is 2.70 bits per heavy atom. The van der Waals surface area contributed by atoms with E-state index >= 15 is 0 Å². The van der Waals surface area contributed by atoms with Crippen LogP contribution < -0.4 is 5.73 Å². The highest BCUT2D eigenvalue weighted by Crippen LogP contribution is 2.29. The molecule has 1 atom stereocenters. The summed E-state index contributed by atoms with van der Waals surface area (Å²) >= 11 is 5.56. The maximum Gasteiger partial charge on any atom is 0.325 e. The molecule has 1 aromatic carbocycles. The van der Waals surface area contributed by atoms with E-state index in [9.17, 15) is 17.6 Å². The molecule has 1 aromatic rings. The van der Waals surface area contributed by atoms with Crippen LogP contribution in [-0.2, 0) is 14.8 Å². The van der Waals surface area contributed by atoms with E-state index in [1.807, 2.05) is 0 Å². The normalized spacial score (nSPS) is 23.9. The van der Waals surface area contributed by atoms with Gasteiger partial charge >= 0.3 is 5.97 Å². The molecule has 9 heteroatoms. The Bertz CT molecular complexity index is 666. The lowest BCUT2D eigenvalue weighted by Gasteiger charge is -2.20. The Balaban J connectivity index is 2.38. The number of hydrogen-bond donors (Lipinski definition) is 2. The minimum absolute atomic E-state index is 0.0379. The van der Waals surface area contributed by atoms with Crippen molar-refractivity contribution < 1.29 is 22.7 Å². The monoisotopic (exact) mass is 322 g/mol. The summed E-state index contributed by atoms with van der Waals surface area (Å²) in [6.07, 6.45) is -0.0379. The molecule has 1 aliphatic heterocycles. The first-order valence-electron chi connectivity index (χ1n) is 5.65. The molecule has 110 valence electrons. The highest BCUT2D eigenvalue weighted by molar-refractivity contribution is 7.89. The number of halogens is 2. The maximum atomic E-state index is 13.8. The molecule has 1 aliphatic rings. The van der Waals surface area contributed by atoms with Crippen LogP contribution in [0, 0.1) is 5.82 Å². The minimum Gasteiger partial charge on any atom is -0.480 e. The number of rotatable bonds is 3. The summed E-state index contributed by atoms with van der Waals surface area (Å²) in [6, 6.07) is 3.61. The van der Waals surface area contributed by atoms with Crippen LogP contribution in [0.3, 0.4) is 0 Å². The lowest BCUT2D eigenvalue weighted by atomic mass is 10.0. The number of sulfonamides is 1. The van der Waals surface area contributed by atoms with E-state index in [0.29, 0.717) is 0 Å². The topological polar surface area (TPSA) is 101 Å². The third-order valence-electron chi connectivity index (χ3n) is 3.23. The molecule has 1 heterocycles. The lowest BCUT2D eigenvalue weighted by Crippen LogP contribution is -2.50. The number of carboxylic acid groups (broad SMARTS) is 1. The number of benzene rings is 1. The quantitative estimate of drug-likeness (QED) is 0.851. The first-order chi connectivity index (χ1) is 9.18. The van der Waals surface area contributed by atoms with E-state index in [1.165, 1.54) is 12.1 Å². The van der Waals surface area contributed by atoms with Crippen molar-refractivity contribution in [2.75, 3.05) is 13.1 Å². The van der Waals surface area contributed by atoms with Gasteiger partial charge in [-0.3, -0.25) is 4.79 Å². The van der Waals surface area contributed by atoms with Gasteiger partial charge in [-0.25, -0.2) is 12.8 Å². The first kappa shape index (κ1) is 15.2. The van der Waals surface area contributed by atoms with Gasteiger partial charge in [-0.1, -0.05) is 17.7 Å². The largest absolute Gasteiger partial charge is 0.480 e. The average Bonchev–Trinajstić information content (AvgIpc) is 2.77. The van der Waals surface area contributed by atoms with Crippen LogP contribution in [-0.4, -0.2) is 42.4 Å². The van der Waals surface area contributed by atoms with Crippen molar-refractivity contribution in [3.63, 3.8) is 0 Å². The maximum absolute atomic E-state index is 13.8. The van der Waals surface area contributed by atoms with Crippen molar-refractivity contribution in [2.24, 2.45) is 5.73 Å². The summed E-state index contributed by atoms with van der Waals surface area (Å²) < 4.78 is 39.3. The SMILES string of the molecule is NC1(C(=O)O)CCN(S(=O)(=O)c2cccc(Cl)c2F)C1. The van der Waals surface area contributed by atoms with Crippen LogP contribution in [0.25, 0.3) is 0 Å². The van der Waals surface area contributed by atoms with Crippen LogP contribution in [0.5, 0.6) is 0 Å². The third kappa shape index (κ3) is 2.39. The van der Waals surface area contributed by atoms with E-state index in [1.54, 1.807) is 0 Å². The predicted molar refractivity (Wildman–Crippen MR) is 69.3 cm³/mol. The molecule has 0 aliphatic carbocycles. The molecule has 1 unspecified atom stereocenters. The standard InChI is InChI=1S/C11H12ClFN2O4S/c12-7-2-1-3-8(9(7)13)20(18,19)15-5-4-11(14,6-15)10(16)17/h1-3H,4-6,14H2,(H,16,17). The van der Waals surface area contributed by atoms with Crippen molar-refractivity contribution >= 4 is 27.6 Å². The van der Waals surface area contributed by atoms with Crippen LogP contribution in [0.1, 0.15) is 6.42 Å². The number of hydrogen-bond acceptors (Lipinski definition) is 4. The number of nitrogens with two attached hydrogens (primary N) is 1. The average molecular weight is 323 g/mol. The van der Waals surface area contributed by atoms with Gasteiger partial charge in [0.25, 0.3) is 0 Å². The molecule has 0 bridgehead atoms. The summed E-state index contributed by atoms with van der Waals surface area (Å²) in [7, 11) is -4.17. The van der Waals surface area contributed by atoms with Gasteiger partial charge in [-0.05, 0) is 18.6 Å². The molecule has 0 amide bonds. The van der Waals surface area contributed by atoms with Gasteiger partial charge in [0.2, 0.25) is 10.0 Å². The van der Waals surface area contributed by atoms with Crippen molar-refractivity contribution in [3.8, 4) is 0 Å². The van der Waals surface area contributed by atoms with Gasteiger partial charge in [0.15, 0.2) is 5.82 Å². The highest BCUT2D eigenvalue weighted by atomic mass is 35.5. The van der Waals surface area contributed by atoms with Gasteiger partial charge in [0.1, 0.15) is 10.4 Å². The summed E-state index contributed by atoms with van der Waals surface area (Å²) in [5.41, 5.74) is 3.96. The zero-order valence-corrected chi connectivity index (χ0v) is 11.8. The van der Waals surface area contributed by atoms with E-state index in [4.69, 9.17) is 22.4 Å². The van der Waals surface area contributed by atoms with E-state index in [2.05, 4.69) is 0 Å². The van der Waals surface area contributed by atoms with Gasteiger partial charge in [0.05, 0.1) is 5.02 Å². The first-order valence-corrected chi connectivity index (χ1v) is 7.47. The zero-order valence-electron chi connectivity index (χ0n) is 10.2. The summed E-state index contributed by atoms with van der Waals surface area (Å²) in [5.74, 6) is -2.35. The molecule has 0 aromatic heterocycles. The Morgan fingerprint density at radius 2 is 2.15 bits per heavy atom. The predicted octanol–water partition coefficient (Wildman–Crippen LogP) is 0.656. The van der Waals surface area contributed by atoms with Gasteiger partial charge in [-0.15, -0.1) is 0 Å². The zero-order chi connectivity index (χ0) is 15.1. The number of carboxylic acids is 1. The van der Waals surface area contributed by atoms with E-state index in [-0.39, 0.29) is 18.0 Å². The molecule has 3 N–H and O–H groups in total. The molecule has 1 fully saturated rings. The molecule has 0 spiro atoms. The second-order valence-electron chi connectivity index (χ2n) is 4.60. The Morgan fingerprint density at radius 1 is 1.50 bits per heavy atom. The van der Waals surface area contributed by atoms with Crippen molar-refractivity contribution in [1.29, 1.82) is 0 Å². The Kier molecular flexibility index (Phi) is 3.76. The summed E-state index contributed by atoms with van der Waals surface area (Å²) in [4.78, 5) is 10.4. The second-order valence-corrected chi connectivity index (χ2v) is 6.92. The van der Waals surface area contributed by atoms with Gasteiger partial charge in [0, 0.05) is 13.1 Å². The third-order valence-corrected chi connectivity index (χ3v) is 5.38. The Hall–Kier alpha value is -1.22. The molecule has 6 nitrogen and oxygen atoms in total. The van der Waals surface area contributed by atoms with Crippen molar-refractivity contribution in [1.82, 2.24) is 4.31 Å². The fourth-order valence-electron chi connectivity index (χ4n) is 2.00.